The van der Waals surface area contributed by atoms with Crippen molar-refractivity contribution in [1.82, 2.24) is 9.55 Å². The predicted octanol–water partition coefficient (Wildman–Crippen LogP) is 2.07. The lowest BCUT2D eigenvalue weighted by atomic mass is 10.1. The Morgan fingerprint density at radius 1 is 1.60 bits per heavy atom. The Kier molecular flexibility index (Phi) is 4.03. The normalized spacial score (nSPS) is 15.9. The molecule has 0 N–H and O–H groups in total. The quantitative estimate of drug-likeness (QED) is 0.346. The molecule has 0 bridgehead atoms. The first-order chi connectivity index (χ1) is 9.38. The van der Waals surface area contributed by atoms with Crippen LogP contribution < -0.4 is 0 Å². The van der Waals surface area contributed by atoms with Gasteiger partial charge in [0.1, 0.15) is 0 Å². The van der Waals surface area contributed by atoms with Crippen molar-refractivity contribution in [1.29, 1.82) is 0 Å². The minimum atomic E-state index is -0.463. The molecule has 1 aliphatic carbocycles. The van der Waals surface area contributed by atoms with Gasteiger partial charge < -0.3 is 14.9 Å². The molecule has 0 aromatic carbocycles. The minimum Gasteiger partial charge on any atom is -0.469 e. The molecule has 8 heteroatoms. The number of nitrogens with zero attached hydrogens (tertiary/aromatic N) is 3. The van der Waals surface area contributed by atoms with E-state index < -0.39 is 4.92 Å². The molecule has 1 fully saturated rings. The van der Waals surface area contributed by atoms with E-state index in [-0.39, 0.29) is 17.2 Å². The number of imidazole rings is 1. The third-order valence-electron chi connectivity index (χ3n) is 3.64. The van der Waals surface area contributed by atoms with E-state index in [1.807, 2.05) is 0 Å². The summed E-state index contributed by atoms with van der Waals surface area (Å²) in [6.45, 7) is 1.73. The molecule has 7 nitrogen and oxygen atoms in total. The van der Waals surface area contributed by atoms with Crippen LogP contribution in [0.5, 0.6) is 0 Å². The van der Waals surface area contributed by atoms with Gasteiger partial charge in [-0.25, -0.2) is 0 Å². The van der Waals surface area contributed by atoms with Gasteiger partial charge in [-0.15, -0.1) is 0 Å². The number of aryl methyl sites for hydroxylation is 1. The Morgan fingerprint density at radius 2 is 2.25 bits per heavy atom. The number of aromatic nitrogens is 2. The highest BCUT2D eigenvalue weighted by Crippen LogP contribution is 2.52. The van der Waals surface area contributed by atoms with Gasteiger partial charge in [0.15, 0.2) is 5.03 Å². The highest BCUT2D eigenvalue weighted by molar-refractivity contribution is 7.99. The zero-order valence-corrected chi connectivity index (χ0v) is 12.5. The number of carbonyl (C=O) groups is 1. The van der Waals surface area contributed by atoms with E-state index in [0.717, 1.165) is 12.8 Å². The van der Waals surface area contributed by atoms with Gasteiger partial charge in [0, 0.05) is 19.7 Å². The van der Waals surface area contributed by atoms with E-state index in [2.05, 4.69) is 4.98 Å². The molecular weight excluding hydrogens is 282 g/mol. The molecule has 20 heavy (non-hydrogen) atoms. The van der Waals surface area contributed by atoms with Crippen molar-refractivity contribution in [3.63, 3.8) is 0 Å². The van der Waals surface area contributed by atoms with Crippen LogP contribution >= 0.6 is 11.8 Å². The van der Waals surface area contributed by atoms with Gasteiger partial charge >= 0.3 is 11.8 Å². The van der Waals surface area contributed by atoms with Crippen LogP contribution in [-0.2, 0) is 16.6 Å². The maximum absolute atomic E-state index is 11.4. The summed E-state index contributed by atoms with van der Waals surface area (Å²) in [6, 6.07) is 0. The molecule has 110 valence electrons. The fraction of sp³-hybridized carbons (Fsp3) is 0.667. The first-order valence-corrected chi connectivity index (χ1v) is 7.24. The highest BCUT2D eigenvalue weighted by Gasteiger charge is 2.45. The molecule has 0 aliphatic heterocycles. The molecule has 0 amide bonds. The summed E-state index contributed by atoms with van der Waals surface area (Å²) in [5, 5.41) is 11.5. The monoisotopic (exact) mass is 299 g/mol. The number of hydrogen-bond acceptors (Lipinski definition) is 6. The zero-order valence-electron chi connectivity index (χ0n) is 11.7. The Balaban J connectivity index is 2.08. The Bertz CT molecular complexity index is 551. The summed E-state index contributed by atoms with van der Waals surface area (Å²) in [5.41, 5.74) is -0.0657. The van der Waals surface area contributed by atoms with E-state index in [0.29, 0.717) is 23.0 Å². The fourth-order valence-electron chi connectivity index (χ4n) is 2.00. The van der Waals surface area contributed by atoms with Crippen molar-refractivity contribution < 1.29 is 14.5 Å². The number of nitro groups is 1. The summed E-state index contributed by atoms with van der Waals surface area (Å²) in [6.07, 6.45) is 2.29. The number of methoxy groups -OCH3 is 1. The second-order valence-corrected chi connectivity index (χ2v) is 6.11. The summed E-state index contributed by atoms with van der Waals surface area (Å²) >= 11 is 1.40. The van der Waals surface area contributed by atoms with E-state index in [9.17, 15) is 14.9 Å². The fourth-order valence-corrected chi connectivity index (χ4v) is 3.41. The van der Waals surface area contributed by atoms with E-state index in [1.165, 1.54) is 18.9 Å². The van der Waals surface area contributed by atoms with Crippen molar-refractivity contribution in [2.45, 2.75) is 31.2 Å². The van der Waals surface area contributed by atoms with Gasteiger partial charge in [-0.05, 0) is 28.2 Å². The number of ether oxygens (including phenoxy) is 1. The number of thioether (sulfide) groups is 1. The summed E-state index contributed by atoms with van der Waals surface area (Å²) < 4.78 is 6.41. The predicted molar refractivity (Wildman–Crippen MR) is 73.6 cm³/mol. The van der Waals surface area contributed by atoms with Crippen molar-refractivity contribution >= 4 is 23.5 Å². The summed E-state index contributed by atoms with van der Waals surface area (Å²) in [4.78, 5) is 25.9. The average Bonchev–Trinajstić information content (AvgIpc) is 3.09. The van der Waals surface area contributed by atoms with E-state index in [4.69, 9.17) is 4.74 Å². The topological polar surface area (TPSA) is 87.3 Å². The first-order valence-electron chi connectivity index (χ1n) is 6.26. The van der Waals surface area contributed by atoms with Crippen LogP contribution in [0.25, 0.3) is 0 Å². The van der Waals surface area contributed by atoms with Crippen LogP contribution in [0.2, 0.25) is 0 Å². The van der Waals surface area contributed by atoms with Crippen LogP contribution in [0.1, 0.15) is 25.1 Å². The van der Waals surface area contributed by atoms with Gasteiger partial charge in [0.2, 0.25) is 5.82 Å². The maximum atomic E-state index is 11.4. The molecule has 1 aromatic heterocycles. The number of carbonyl (C=O) groups excluding carboxylic acids is 1. The Hall–Kier alpha value is -1.57. The molecule has 1 saturated carbocycles. The molecular formula is C12H17N3O4S. The maximum Gasteiger partial charge on any atom is 0.396 e. The van der Waals surface area contributed by atoms with Crippen LogP contribution in [0.4, 0.5) is 5.82 Å². The van der Waals surface area contributed by atoms with Crippen LogP contribution in [0, 0.1) is 22.5 Å². The summed E-state index contributed by atoms with van der Waals surface area (Å²) in [5.74, 6) is 0.946. The largest absolute Gasteiger partial charge is 0.469 e. The molecule has 1 aromatic rings. The van der Waals surface area contributed by atoms with Gasteiger partial charge in [0.05, 0.1) is 13.5 Å². The average molecular weight is 299 g/mol. The molecule has 0 atom stereocenters. The van der Waals surface area contributed by atoms with Crippen molar-refractivity contribution in [2.24, 2.45) is 12.5 Å². The number of esters is 1. The number of hydrogen-bond donors (Lipinski definition) is 0. The highest BCUT2D eigenvalue weighted by atomic mass is 32.2. The zero-order chi connectivity index (χ0) is 14.9. The SMILES string of the molecule is COC(=O)CC1(CSc2c([N+](=O)[O-])nc(C)n2C)CC1. The first kappa shape index (κ1) is 14.8. The molecule has 1 aliphatic rings. The van der Waals surface area contributed by atoms with Gasteiger partial charge in [-0.3, -0.25) is 9.36 Å². The van der Waals surface area contributed by atoms with Crippen molar-refractivity contribution in [3.8, 4) is 0 Å². The Morgan fingerprint density at radius 3 is 2.75 bits per heavy atom. The molecule has 0 spiro atoms. The lowest BCUT2D eigenvalue weighted by Crippen LogP contribution is -2.13. The van der Waals surface area contributed by atoms with Gasteiger partial charge in [-0.1, -0.05) is 11.8 Å². The van der Waals surface area contributed by atoms with Crippen molar-refractivity contribution in [2.75, 3.05) is 12.9 Å². The van der Waals surface area contributed by atoms with Crippen molar-refractivity contribution in [3.05, 3.63) is 15.9 Å². The lowest BCUT2D eigenvalue weighted by Gasteiger charge is -2.12. The molecule has 1 heterocycles. The smallest absolute Gasteiger partial charge is 0.396 e. The van der Waals surface area contributed by atoms with Gasteiger partial charge in [-0.2, -0.15) is 0 Å². The van der Waals surface area contributed by atoms with Crippen LogP contribution in [0.3, 0.4) is 0 Å². The second kappa shape index (κ2) is 5.43. The molecule has 0 unspecified atom stereocenters. The van der Waals surface area contributed by atoms with E-state index >= 15 is 0 Å². The molecule has 0 saturated heterocycles. The second-order valence-electron chi connectivity index (χ2n) is 5.15. The standard InChI is InChI=1S/C12H17N3O4S/c1-8-13-10(15(17)18)11(14(8)2)20-7-12(4-5-12)6-9(16)19-3/h4-7H2,1-3H3. The lowest BCUT2D eigenvalue weighted by molar-refractivity contribution is -0.392. The molecule has 0 radical (unpaired) electrons. The third-order valence-corrected chi connectivity index (χ3v) is 5.13. The number of rotatable bonds is 6. The minimum absolute atomic E-state index is 0.0657. The third kappa shape index (κ3) is 2.95. The van der Waals surface area contributed by atoms with Crippen LogP contribution in [0.15, 0.2) is 5.03 Å². The van der Waals surface area contributed by atoms with E-state index in [1.54, 1.807) is 18.5 Å². The van der Waals surface area contributed by atoms with Crippen LogP contribution in [-0.4, -0.2) is 33.3 Å². The Labute approximate surface area is 120 Å². The van der Waals surface area contributed by atoms with Gasteiger partial charge in [0.25, 0.3) is 0 Å². The summed E-state index contributed by atoms with van der Waals surface area (Å²) in [7, 11) is 3.14. The molecule has 2 rings (SSSR count).